The van der Waals surface area contributed by atoms with Crippen molar-refractivity contribution in [3.8, 4) is 11.4 Å². The number of anilines is 2. The summed E-state index contributed by atoms with van der Waals surface area (Å²) in [5.41, 5.74) is 7.88. The number of aromatic carboxylic acids is 1. The third kappa shape index (κ3) is 7.69. The van der Waals surface area contributed by atoms with E-state index in [4.69, 9.17) is 5.11 Å². The standard InChI is InChI=1S/C22H17N3O3.C21H15N3O3/c1-28-22(27)16-12-10-15(11-13-16)21(26)24-18-7-3-5-9-20(18)25-14-23-17-6-2-4-8-19(17)25;25-20(14-9-11-15(12-10-14)21(26)27)23-17-6-2-4-8-19(17)24-13-22-16-5-1-3-7-18(16)24/h2-14H,1H3,(H,24,26);1-13H,(H,23,25)(H,26,27). The number of aromatic nitrogens is 4. The topological polar surface area (TPSA) is 157 Å². The zero-order valence-electron chi connectivity index (χ0n) is 29.3. The largest absolute Gasteiger partial charge is 0.478 e. The van der Waals surface area contributed by atoms with Gasteiger partial charge < -0.3 is 20.5 Å². The van der Waals surface area contributed by atoms with Crippen LogP contribution in [0.1, 0.15) is 41.4 Å². The molecule has 0 fully saturated rings. The normalized spacial score (nSPS) is 10.6. The van der Waals surface area contributed by atoms with Gasteiger partial charge in [-0.15, -0.1) is 0 Å². The monoisotopic (exact) mass is 728 g/mol. The number of imidazole rings is 2. The van der Waals surface area contributed by atoms with Gasteiger partial charge >= 0.3 is 11.9 Å². The van der Waals surface area contributed by atoms with Gasteiger partial charge in [0, 0.05) is 11.1 Å². The molecule has 0 unspecified atom stereocenters. The van der Waals surface area contributed by atoms with E-state index in [1.807, 2.05) is 106 Å². The number of nitrogens with zero attached hydrogens (tertiary/aromatic N) is 4. The Hall–Kier alpha value is -7.86. The van der Waals surface area contributed by atoms with Crippen molar-refractivity contribution in [2.45, 2.75) is 0 Å². The quantitative estimate of drug-likeness (QED) is 0.133. The molecule has 0 radical (unpaired) electrons. The molecule has 0 saturated heterocycles. The number of esters is 1. The Balaban J connectivity index is 0.000000169. The highest BCUT2D eigenvalue weighted by Gasteiger charge is 2.15. The number of carbonyl (C=O) groups is 4. The number of carboxylic acids is 1. The number of para-hydroxylation sites is 8. The number of methoxy groups -OCH3 is 1. The van der Waals surface area contributed by atoms with Crippen molar-refractivity contribution in [1.82, 2.24) is 19.1 Å². The van der Waals surface area contributed by atoms with Crippen LogP contribution in [0.4, 0.5) is 11.4 Å². The Morgan fingerprint density at radius 3 is 1.33 bits per heavy atom. The molecule has 2 amide bonds. The molecule has 0 aliphatic carbocycles. The summed E-state index contributed by atoms with van der Waals surface area (Å²) in [5, 5.41) is 14.8. The van der Waals surface area contributed by atoms with Gasteiger partial charge in [0.25, 0.3) is 11.8 Å². The Bertz CT molecular complexity index is 2680. The molecule has 0 spiro atoms. The van der Waals surface area contributed by atoms with E-state index in [0.717, 1.165) is 33.4 Å². The summed E-state index contributed by atoms with van der Waals surface area (Å²) in [5.74, 6) is -2.05. The first kappa shape index (κ1) is 35.5. The van der Waals surface area contributed by atoms with Gasteiger partial charge in [0.1, 0.15) is 12.7 Å². The zero-order valence-corrected chi connectivity index (χ0v) is 29.3. The smallest absolute Gasteiger partial charge is 0.337 e. The molecule has 12 nitrogen and oxygen atoms in total. The minimum absolute atomic E-state index is 0.136. The summed E-state index contributed by atoms with van der Waals surface area (Å²) < 4.78 is 8.53. The zero-order chi connectivity index (χ0) is 38.3. The number of carboxylic acid groups (broad SMARTS) is 1. The van der Waals surface area contributed by atoms with E-state index in [-0.39, 0.29) is 17.4 Å². The maximum Gasteiger partial charge on any atom is 0.337 e. The molecule has 8 rings (SSSR count). The van der Waals surface area contributed by atoms with E-state index < -0.39 is 11.9 Å². The maximum atomic E-state index is 12.7. The fourth-order valence-corrected chi connectivity index (χ4v) is 5.91. The van der Waals surface area contributed by atoms with Crippen LogP contribution < -0.4 is 10.6 Å². The van der Waals surface area contributed by atoms with Crippen LogP contribution in [-0.2, 0) is 4.74 Å². The van der Waals surface area contributed by atoms with Gasteiger partial charge in [-0.2, -0.15) is 0 Å². The second kappa shape index (κ2) is 15.8. The first-order valence-electron chi connectivity index (χ1n) is 17.0. The summed E-state index contributed by atoms with van der Waals surface area (Å²) in [6, 6.07) is 42.7. The fourth-order valence-electron chi connectivity index (χ4n) is 5.91. The van der Waals surface area contributed by atoms with Gasteiger partial charge in [0.05, 0.1) is 63.1 Å². The number of carbonyl (C=O) groups excluding carboxylic acids is 3. The molecule has 0 aliphatic rings. The number of rotatable bonds is 8. The molecular weight excluding hydrogens is 697 g/mol. The third-order valence-electron chi connectivity index (χ3n) is 8.69. The van der Waals surface area contributed by atoms with E-state index in [1.54, 1.807) is 36.9 Å². The molecule has 8 aromatic rings. The molecular formula is C43H32N6O6. The minimum Gasteiger partial charge on any atom is -0.478 e. The van der Waals surface area contributed by atoms with E-state index in [1.165, 1.54) is 31.4 Å². The predicted octanol–water partition coefficient (Wildman–Crippen LogP) is 8.04. The molecule has 0 saturated carbocycles. The SMILES string of the molecule is COC(=O)c1ccc(C(=O)Nc2ccccc2-n2cnc3ccccc32)cc1.O=C(O)c1ccc(C(=O)Nc2ccccc2-n2cnc3ccccc32)cc1. The van der Waals surface area contributed by atoms with Crippen molar-refractivity contribution in [2.24, 2.45) is 0 Å². The van der Waals surface area contributed by atoms with Crippen LogP contribution in [0.25, 0.3) is 33.4 Å². The number of ether oxygens (including phenoxy) is 1. The lowest BCUT2D eigenvalue weighted by atomic mass is 10.1. The van der Waals surface area contributed by atoms with Crippen LogP contribution in [0.2, 0.25) is 0 Å². The molecule has 270 valence electrons. The molecule has 6 aromatic carbocycles. The molecule has 0 aliphatic heterocycles. The van der Waals surface area contributed by atoms with Gasteiger partial charge in [-0.05, 0) is 97.1 Å². The minimum atomic E-state index is -1.03. The number of nitrogens with one attached hydrogen (secondary N) is 2. The summed E-state index contributed by atoms with van der Waals surface area (Å²) in [6.07, 6.45) is 3.46. The van der Waals surface area contributed by atoms with Crippen LogP contribution in [-0.4, -0.2) is 55.1 Å². The average Bonchev–Trinajstić information content (AvgIpc) is 3.86. The Kier molecular flexibility index (Phi) is 10.2. The van der Waals surface area contributed by atoms with Crippen molar-refractivity contribution in [3.05, 3.63) is 181 Å². The van der Waals surface area contributed by atoms with E-state index in [2.05, 4.69) is 25.3 Å². The van der Waals surface area contributed by atoms with Crippen molar-refractivity contribution < 1.29 is 29.0 Å². The predicted molar refractivity (Wildman–Crippen MR) is 209 cm³/mol. The Labute approximate surface area is 314 Å². The van der Waals surface area contributed by atoms with Gasteiger partial charge in [-0.3, -0.25) is 18.7 Å². The maximum absolute atomic E-state index is 12.7. The molecule has 0 atom stereocenters. The van der Waals surface area contributed by atoms with Crippen LogP contribution in [0.5, 0.6) is 0 Å². The number of fused-ring (bicyclic) bond motifs is 2. The number of benzene rings is 6. The lowest BCUT2D eigenvalue weighted by Crippen LogP contribution is -2.14. The summed E-state index contributed by atoms with van der Waals surface area (Å²) in [7, 11) is 1.32. The second-order valence-corrected chi connectivity index (χ2v) is 12.1. The van der Waals surface area contributed by atoms with Crippen molar-refractivity contribution >= 4 is 57.2 Å². The second-order valence-electron chi connectivity index (χ2n) is 12.1. The highest BCUT2D eigenvalue weighted by molar-refractivity contribution is 6.07. The van der Waals surface area contributed by atoms with Crippen LogP contribution in [0.15, 0.2) is 158 Å². The highest BCUT2D eigenvalue weighted by Crippen LogP contribution is 2.26. The van der Waals surface area contributed by atoms with E-state index in [0.29, 0.717) is 28.1 Å². The molecule has 2 aromatic heterocycles. The highest BCUT2D eigenvalue weighted by atomic mass is 16.5. The molecule has 2 heterocycles. The Morgan fingerprint density at radius 2 is 0.891 bits per heavy atom. The number of hydrogen-bond acceptors (Lipinski definition) is 7. The van der Waals surface area contributed by atoms with Gasteiger partial charge in [0.15, 0.2) is 0 Å². The fraction of sp³-hybridized carbons (Fsp3) is 0.0233. The summed E-state index contributed by atoms with van der Waals surface area (Å²) in [6.45, 7) is 0. The summed E-state index contributed by atoms with van der Waals surface area (Å²) >= 11 is 0. The van der Waals surface area contributed by atoms with Gasteiger partial charge in [0.2, 0.25) is 0 Å². The van der Waals surface area contributed by atoms with Gasteiger partial charge in [-0.1, -0.05) is 48.5 Å². The lowest BCUT2D eigenvalue weighted by Gasteiger charge is -2.12. The lowest BCUT2D eigenvalue weighted by molar-refractivity contribution is 0.0599. The first-order valence-corrected chi connectivity index (χ1v) is 17.0. The van der Waals surface area contributed by atoms with Crippen molar-refractivity contribution in [2.75, 3.05) is 17.7 Å². The molecule has 55 heavy (non-hydrogen) atoms. The molecule has 0 bridgehead atoms. The van der Waals surface area contributed by atoms with E-state index >= 15 is 0 Å². The molecule has 3 N–H and O–H groups in total. The van der Waals surface area contributed by atoms with Crippen LogP contribution >= 0.6 is 0 Å². The number of hydrogen-bond donors (Lipinski definition) is 3. The first-order chi connectivity index (χ1) is 26.8. The third-order valence-corrected chi connectivity index (χ3v) is 8.69. The average molecular weight is 729 g/mol. The Morgan fingerprint density at radius 1 is 0.509 bits per heavy atom. The van der Waals surface area contributed by atoms with Gasteiger partial charge in [-0.25, -0.2) is 19.6 Å². The molecule has 12 heteroatoms. The van der Waals surface area contributed by atoms with Crippen molar-refractivity contribution in [3.63, 3.8) is 0 Å². The van der Waals surface area contributed by atoms with Crippen LogP contribution in [0.3, 0.4) is 0 Å². The van der Waals surface area contributed by atoms with Crippen LogP contribution in [0, 0.1) is 0 Å². The number of amides is 2. The van der Waals surface area contributed by atoms with Crippen molar-refractivity contribution in [1.29, 1.82) is 0 Å². The van der Waals surface area contributed by atoms with E-state index in [9.17, 15) is 19.2 Å². The summed E-state index contributed by atoms with van der Waals surface area (Å²) in [4.78, 5) is 56.6.